The van der Waals surface area contributed by atoms with Gasteiger partial charge in [-0.15, -0.1) is 0 Å². The Morgan fingerprint density at radius 3 is 1.59 bits per heavy atom. The molecular weight excluding hydrogens is 759 g/mol. The number of esters is 3. The van der Waals surface area contributed by atoms with E-state index >= 15 is 0 Å². The maximum atomic E-state index is 13.9. The number of rotatable bonds is 38. The first-order chi connectivity index (χ1) is 29.1. The molecule has 2 fully saturated rings. The molecule has 61 heavy (non-hydrogen) atoms. The van der Waals surface area contributed by atoms with E-state index in [1.165, 1.54) is 57.8 Å². The van der Waals surface area contributed by atoms with Crippen molar-refractivity contribution in [2.24, 2.45) is 34.0 Å². The fourth-order valence-corrected chi connectivity index (χ4v) is 10.9. The molecule has 2 saturated carbocycles. The number of hydrogen-bond acceptors (Lipinski definition) is 7. The van der Waals surface area contributed by atoms with Crippen LogP contribution in [0.1, 0.15) is 229 Å². The first-order valence-corrected chi connectivity index (χ1v) is 25.6. The third kappa shape index (κ3) is 21.9. The van der Waals surface area contributed by atoms with Gasteiger partial charge in [-0.2, -0.15) is 0 Å². The average molecular weight is 856 g/mol. The Labute approximate surface area is 376 Å². The van der Waals surface area contributed by atoms with Gasteiger partial charge >= 0.3 is 17.9 Å². The molecule has 0 aliphatic heterocycles. The van der Waals surface area contributed by atoms with Gasteiger partial charge in [-0.1, -0.05) is 150 Å². The summed E-state index contributed by atoms with van der Waals surface area (Å²) in [7, 11) is 2.30. The third-order valence-corrected chi connectivity index (χ3v) is 14.0. The lowest BCUT2D eigenvalue weighted by atomic mass is 9.73. The van der Waals surface area contributed by atoms with Crippen molar-refractivity contribution in [2.45, 2.75) is 241 Å². The molecule has 7 nitrogen and oxygen atoms in total. The summed E-state index contributed by atoms with van der Waals surface area (Å²) < 4.78 is 17.2. The van der Waals surface area contributed by atoms with Gasteiger partial charge in [-0.05, 0) is 127 Å². The van der Waals surface area contributed by atoms with E-state index in [0.29, 0.717) is 37.5 Å². The van der Waals surface area contributed by atoms with Gasteiger partial charge in [0.2, 0.25) is 0 Å². The molecule has 7 heteroatoms. The van der Waals surface area contributed by atoms with Crippen LogP contribution in [0.4, 0.5) is 0 Å². The minimum atomic E-state index is -0.577. The quantitative estimate of drug-likeness (QED) is 0.0265. The second kappa shape index (κ2) is 30.1. The van der Waals surface area contributed by atoms with Crippen molar-refractivity contribution in [3.63, 3.8) is 0 Å². The zero-order valence-corrected chi connectivity index (χ0v) is 41.6. The normalized spacial score (nSPS) is 20.6. The fourth-order valence-electron chi connectivity index (χ4n) is 10.9. The van der Waals surface area contributed by atoms with Gasteiger partial charge in [0.05, 0.1) is 5.41 Å². The molecule has 0 bridgehead atoms. The van der Waals surface area contributed by atoms with E-state index < -0.39 is 5.41 Å². The molecule has 0 heterocycles. The Balaban J connectivity index is 1.77. The number of carbonyl (C=O) groups excluding carboxylic acids is 3. The third-order valence-electron chi connectivity index (χ3n) is 14.0. The van der Waals surface area contributed by atoms with Crippen LogP contribution < -0.4 is 0 Å². The molecule has 2 aliphatic carbocycles. The summed E-state index contributed by atoms with van der Waals surface area (Å²) in [6.45, 7) is 22.2. The van der Waals surface area contributed by atoms with E-state index in [4.69, 9.17) is 14.2 Å². The minimum Gasteiger partial charge on any atom is -0.462 e. The zero-order valence-electron chi connectivity index (χ0n) is 41.6. The van der Waals surface area contributed by atoms with Crippen LogP contribution >= 0.6 is 0 Å². The summed E-state index contributed by atoms with van der Waals surface area (Å²) in [5.74, 6) is 2.21. The summed E-state index contributed by atoms with van der Waals surface area (Å²) in [6, 6.07) is 0.639. The van der Waals surface area contributed by atoms with Crippen LogP contribution in [0.5, 0.6) is 0 Å². The molecule has 4 unspecified atom stereocenters. The standard InChI is InChI=1S/C54H97NO6/c1-11-13-15-17-19-27-33-39-59-48(56)37-31-25-21-23-29-35-45(36-30-24-22-26-32-38-49(57)60-40-34-28-20-18-16-14-12-2)61-51(58)53(7,8)42-52(5,6)43-55(10)47-41-46-50(44(3)4)54(46,47)9/h27-28,33-34,44-47,50H,11-26,29-32,35-43H2,1-10H3. The number of unbranched alkanes of at least 4 members (excludes halogenated alkanes) is 16. The van der Waals surface area contributed by atoms with Crippen molar-refractivity contribution in [3.05, 3.63) is 24.3 Å². The maximum Gasteiger partial charge on any atom is 0.311 e. The van der Waals surface area contributed by atoms with Crippen molar-refractivity contribution in [3.8, 4) is 0 Å². The summed E-state index contributed by atoms with van der Waals surface area (Å²) in [6.07, 6.45) is 35.0. The Hall–Kier alpha value is -2.15. The molecule has 0 radical (unpaired) electrons. The van der Waals surface area contributed by atoms with E-state index in [2.05, 4.69) is 86.4 Å². The molecule has 0 aromatic heterocycles. The van der Waals surface area contributed by atoms with E-state index in [1.807, 2.05) is 12.2 Å². The number of nitrogens with zero attached hydrogens (tertiary/aromatic N) is 1. The molecule has 0 aromatic rings. The Bertz CT molecular complexity index is 1220. The molecule has 354 valence electrons. The molecular formula is C54H97NO6. The molecule has 0 spiro atoms. The first-order valence-electron chi connectivity index (χ1n) is 25.6. The minimum absolute atomic E-state index is 0.0234. The van der Waals surface area contributed by atoms with Crippen LogP contribution in [0, 0.1) is 34.0 Å². The summed E-state index contributed by atoms with van der Waals surface area (Å²) in [5, 5.41) is 0. The first kappa shape index (κ1) is 55.0. The van der Waals surface area contributed by atoms with Crippen LogP contribution in [-0.2, 0) is 28.6 Å². The number of hydrogen-bond donors (Lipinski definition) is 0. The van der Waals surface area contributed by atoms with Crippen molar-refractivity contribution in [1.29, 1.82) is 0 Å². The second-order valence-electron chi connectivity index (χ2n) is 21.3. The van der Waals surface area contributed by atoms with Gasteiger partial charge < -0.3 is 19.1 Å². The Morgan fingerprint density at radius 1 is 0.672 bits per heavy atom. The van der Waals surface area contributed by atoms with E-state index in [0.717, 1.165) is 121 Å². The van der Waals surface area contributed by atoms with Gasteiger partial charge in [-0.3, -0.25) is 14.4 Å². The van der Waals surface area contributed by atoms with Crippen molar-refractivity contribution in [1.82, 2.24) is 4.90 Å². The Kier molecular flexibility index (Phi) is 27.1. The fraction of sp³-hybridized carbons (Fsp3) is 0.870. The monoisotopic (exact) mass is 856 g/mol. The number of fused-ring (bicyclic) bond motifs is 1. The largest absolute Gasteiger partial charge is 0.462 e. The lowest BCUT2D eigenvalue weighted by Crippen LogP contribution is -2.49. The number of allylic oxidation sites excluding steroid dienone is 2. The number of ether oxygens (including phenoxy) is 3. The average Bonchev–Trinajstić information content (AvgIpc) is 3.67. The molecule has 4 atom stereocenters. The van der Waals surface area contributed by atoms with E-state index in [-0.39, 0.29) is 29.4 Å². The smallest absolute Gasteiger partial charge is 0.311 e. The highest BCUT2D eigenvalue weighted by Gasteiger charge is 2.74. The van der Waals surface area contributed by atoms with E-state index in [1.54, 1.807) is 0 Å². The van der Waals surface area contributed by atoms with Crippen molar-refractivity contribution >= 4 is 17.9 Å². The highest BCUT2D eigenvalue weighted by atomic mass is 16.5. The SMILES string of the molecule is CCCCCCC=CCOC(=O)CCCCCCCC(CCCCCCCC(=O)OCC=CCCCCCC)OC(=O)C(C)(C)CC(C)(C)CN(C)C1CC2C(C(C)C)C21C. The van der Waals surface area contributed by atoms with Gasteiger partial charge in [0, 0.05) is 25.4 Å². The molecule has 2 rings (SSSR count). The summed E-state index contributed by atoms with van der Waals surface area (Å²) in [4.78, 5) is 40.9. The topological polar surface area (TPSA) is 82.1 Å². The molecule has 0 amide bonds. The highest BCUT2D eigenvalue weighted by molar-refractivity contribution is 5.76. The summed E-state index contributed by atoms with van der Waals surface area (Å²) >= 11 is 0. The highest BCUT2D eigenvalue weighted by Crippen LogP contribution is 2.75. The lowest BCUT2D eigenvalue weighted by molar-refractivity contribution is -0.162. The molecule has 0 saturated heterocycles. The van der Waals surface area contributed by atoms with Crippen molar-refractivity contribution in [2.75, 3.05) is 26.8 Å². The van der Waals surface area contributed by atoms with Gasteiger partial charge in [0.15, 0.2) is 0 Å². The predicted octanol–water partition coefficient (Wildman–Crippen LogP) is 14.6. The summed E-state index contributed by atoms with van der Waals surface area (Å²) in [5.41, 5.74) is -0.134. The van der Waals surface area contributed by atoms with Gasteiger partial charge in [0.1, 0.15) is 19.3 Å². The second-order valence-corrected chi connectivity index (χ2v) is 21.3. The Morgan fingerprint density at radius 2 is 1.13 bits per heavy atom. The molecule has 2 aliphatic rings. The maximum absolute atomic E-state index is 13.9. The predicted molar refractivity (Wildman–Crippen MR) is 255 cm³/mol. The molecule has 0 N–H and O–H groups in total. The number of carbonyl (C=O) groups is 3. The van der Waals surface area contributed by atoms with Gasteiger partial charge in [0.25, 0.3) is 0 Å². The van der Waals surface area contributed by atoms with Crippen LogP contribution in [-0.4, -0.2) is 61.8 Å². The van der Waals surface area contributed by atoms with Crippen LogP contribution in [0.2, 0.25) is 0 Å². The van der Waals surface area contributed by atoms with E-state index in [9.17, 15) is 14.4 Å². The van der Waals surface area contributed by atoms with Crippen LogP contribution in [0.25, 0.3) is 0 Å². The van der Waals surface area contributed by atoms with Crippen LogP contribution in [0.15, 0.2) is 24.3 Å². The van der Waals surface area contributed by atoms with Crippen LogP contribution in [0.3, 0.4) is 0 Å². The molecule has 0 aromatic carbocycles. The lowest BCUT2D eigenvalue weighted by Gasteiger charge is -2.45. The zero-order chi connectivity index (χ0) is 45.2. The van der Waals surface area contributed by atoms with Crippen molar-refractivity contribution < 1.29 is 28.6 Å². The van der Waals surface area contributed by atoms with Gasteiger partial charge in [-0.25, -0.2) is 0 Å².